The van der Waals surface area contributed by atoms with Crippen LogP contribution in [-0.2, 0) is 0 Å². The van der Waals surface area contributed by atoms with E-state index >= 15 is 0 Å². The first-order valence-electron chi connectivity index (χ1n) is 5.46. The summed E-state index contributed by atoms with van der Waals surface area (Å²) < 4.78 is 20.0. The van der Waals surface area contributed by atoms with Gasteiger partial charge in [-0.2, -0.15) is 0 Å². The van der Waals surface area contributed by atoms with Gasteiger partial charge in [0.15, 0.2) is 11.6 Å². The van der Waals surface area contributed by atoms with Crippen LogP contribution in [0.15, 0.2) is 16.6 Å². The lowest BCUT2D eigenvalue weighted by atomic mass is 9.90. The van der Waals surface area contributed by atoms with E-state index in [2.05, 4.69) is 21.2 Å². The van der Waals surface area contributed by atoms with Gasteiger partial charge in [-0.1, -0.05) is 15.9 Å². The van der Waals surface area contributed by atoms with E-state index in [0.717, 1.165) is 36.0 Å². The Labute approximate surface area is 103 Å². The molecule has 2 rings (SSSR count). The van der Waals surface area contributed by atoms with Crippen molar-refractivity contribution in [3.8, 4) is 5.75 Å². The number of rotatable bonds is 2. The van der Waals surface area contributed by atoms with Crippen molar-refractivity contribution in [2.75, 3.05) is 20.2 Å². The highest BCUT2D eigenvalue weighted by atomic mass is 79.9. The number of benzene rings is 1. The van der Waals surface area contributed by atoms with Crippen molar-refractivity contribution >= 4 is 15.9 Å². The monoisotopic (exact) mass is 287 g/mol. The number of piperidine rings is 1. The minimum atomic E-state index is -0.211. The Bertz CT molecular complexity index is 378. The lowest BCUT2D eigenvalue weighted by molar-refractivity contribution is 0.376. The molecule has 1 saturated heterocycles. The number of methoxy groups -OCH3 is 1. The first-order chi connectivity index (χ1) is 7.72. The highest BCUT2D eigenvalue weighted by Gasteiger charge is 2.21. The summed E-state index contributed by atoms with van der Waals surface area (Å²) >= 11 is 3.39. The summed E-state index contributed by atoms with van der Waals surface area (Å²) in [4.78, 5) is 0. The van der Waals surface area contributed by atoms with Crippen LogP contribution in [0, 0.1) is 5.82 Å². The number of ether oxygens (including phenoxy) is 1. The number of nitrogens with one attached hydrogen (secondary N) is 1. The molecule has 2 nitrogen and oxygen atoms in total. The molecule has 0 saturated carbocycles. The van der Waals surface area contributed by atoms with Crippen molar-refractivity contribution in [2.24, 2.45) is 0 Å². The normalized spacial score (nSPS) is 17.4. The van der Waals surface area contributed by atoms with E-state index in [9.17, 15) is 4.39 Å². The van der Waals surface area contributed by atoms with Crippen LogP contribution >= 0.6 is 15.9 Å². The van der Waals surface area contributed by atoms with E-state index in [4.69, 9.17) is 4.74 Å². The largest absolute Gasteiger partial charge is 0.494 e. The summed E-state index contributed by atoms with van der Waals surface area (Å²) in [5.74, 6) is 0.410. The highest BCUT2D eigenvalue weighted by Crippen LogP contribution is 2.34. The van der Waals surface area contributed by atoms with Crippen molar-refractivity contribution < 1.29 is 9.13 Å². The van der Waals surface area contributed by atoms with Gasteiger partial charge in [0.25, 0.3) is 0 Å². The van der Waals surface area contributed by atoms with Crippen LogP contribution in [0.3, 0.4) is 0 Å². The fourth-order valence-electron chi connectivity index (χ4n) is 2.16. The summed E-state index contributed by atoms with van der Waals surface area (Å²) in [6, 6.07) is 3.54. The molecule has 0 amide bonds. The van der Waals surface area contributed by atoms with Crippen LogP contribution < -0.4 is 10.1 Å². The van der Waals surface area contributed by atoms with Crippen molar-refractivity contribution in [3.05, 3.63) is 28.0 Å². The lowest BCUT2D eigenvalue weighted by Gasteiger charge is -2.24. The summed E-state index contributed by atoms with van der Waals surface area (Å²) in [5.41, 5.74) is 0.771. The molecule has 4 heteroatoms. The Morgan fingerprint density at radius 2 is 2.06 bits per heavy atom. The van der Waals surface area contributed by atoms with Crippen molar-refractivity contribution in [3.63, 3.8) is 0 Å². The molecular weight excluding hydrogens is 273 g/mol. The molecule has 0 atom stereocenters. The van der Waals surface area contributed by atoms with Gasteiger partial charge in [-0.25, -0.2) is 4.39 Å². The van der Waals surface area contributed by atoms with Gasteiger partial charge in [0.05, 0.1) is 7.11 Å². The molecule has 1 aliphatic rings. The molecule has 1 N–H and O–H groups in total. The van der Waals surface area contributed by atoms with Crippen LogP contribution in [0.4, 0.5) is 4.39 Å². The average Bonchev–Trinajstić information content (AvgIpc) is 2.33. The smallest absolute Gasteiger partial charge is 0.168 e. The first-order valence-corrected chi connectivity index (χ1v) is 6.25. The van der Waals surface area contributed by atoms with Gasteiger partial charge in [-0.15, -0.1) is 0 Å². The molecule has 0 radical (unpaired) electrons. The Morgan fingerprint density at radius 3 is 2.69 bits per heavy atom. The minimum Gasteiger partial charge on any atom is -0.494 e. The average molecular weight is 288 g/mol. The number of hydrogen-bond donors (Lipinski definition) is 1. The maximum atomic E-state index is 14.1. The Hall–Kier alpha value is -0.610. The molecule has 16 heavy (non-hydrogen) atoms. The van der Waals surface area contributed by atoms with Gasteiger partial charge in [-0.05, 0) is 49.5 Å². The molecule has 1 fully saturated rings. The van der Waals surface area contributed by atoms with E-state index in [1.54, 1.807) is 6.07 Å². The van der Waals surface area contributed by atoms with Crippen molar-refractivity contribution in [1.29, 1.82) is 0 Å². The zero-order valence-electron chi connectivity index (χ0n) is 9.22. The van der Waals surface area contributed by atoms with Crippen molar-refractivity contribution in [2.45, 2.75) is 18.8 Å². The molecule has 1 aromatic rings. The fourth-order valence-corrected chi connectivity index (χ4v) is 2.62. The van der Waals surface area contributed by atoms with Gasteiger partial charge >= 0.3 is 0 Å². The Morgan fingerprint density at radius 1 is 1.38 bits per heavy atom. The predicted octanol–water partition coefficient (Wildman–Crippen LogP) is 3.06. The molecule has 0 aromatic heterocycles. The fraction of sp³-hybridized carbons (Fsp3) is 0.500. The molecule has 1 heterocycles. The topological polar surface area (TPSA) is 21.3 Å². The molecule has 0 bridgehead atoms. The van der Waals surface area contributed by atoms with E-state index < -0.39 is 0 Å². The van der Waals surface area contributed by atoms with E-state index in [0.29, 0.717) is 11.7 Å². The molecule has 0 unspecified atom stereocenters. The number of halogens is 2. The van der Waals surface area contributed by atoms with Gasteiger partial charge in [0, 0.05) is 4.47 Å². The van der Waals surface area contributed by atoms with Crippen molar-refractivity contribution in [1.82, 2.24) is 5.32 Å². The molecule has 88 valence electrons. The van der Waals surface area contributed by atoms with Gasteiger partial charge in [0.1, 0.15) is 0 Å². The second kappa shape index (κ2) is 5.15. The van der Waals surface area contributed by atoms with Crippen LogP contribution in [0.25, 0.3) is 0 Å². The Kier molecular flexibility index (Phi) is 3.82. The third kappa shape index (κ3) is 2.38. The molecule has 1 aromatic carbocycles. The van der Waals surface area contributed by atoms with E-state index in [-0.39, 0.29) is 5.82 Å². The summed E-state index contributed by atoms with van der Waals surface area (Å²) in [7, 11) is 1.50. The highest BCUT2D eigenvalue weighted by molar-refractivity contribution is 9.10. The third-order valence-corrected chi connectivity index (χ3v) is 3.49. The summed E-state index contributed by atoms with van der Waals surface area (Å²) in [5, 5.41) is 3.28. The summed E-state index contributed by atoms with van der Waals surface area (Å²) in [6.07, 6.45) is 1.97. The van der Waals surface area contributed by atoms with Gasteiger partial charge in [-0.3, -0.25) is 0 Å². The first kappa shape index (κ1) is 11.9. The Balaban J connectivity index is 2.34. The maximum Gasteiger partial charge on any atom is 0.168 e. The third-order valence-electron chi connectivity index (χ3n) is 3.03. The van der Waals surface area contributed by atoms with Crippen LogP contribution in [0.5, 0.6) is 5.75 Å². The molecule has 1 aliphatic heterocycles. The predicted molar refractivity (Wildman–Crippen MR) is 65.5 cm³/mol. The maximum absolute atomic E-state index is 14.1. The van der Waals surface area contributed by atoms with Crippen LogP contribution in [0.1, 0.15) is 24.3 Å². The molecule has 0 spiro atoms. The minimum absolute atomic E-state index is 0.211. The van der Waals surface area contributed by atoms with Crippen LogP contribution in [-0.4, -0.2) is 20.2 Å². The SMILES string of the molecule is COc1cc(Br)cc(C2CCNCC2)c1F. The van der Waals surface area contributed by atoms with Gasteiger partial charge < -0.3 is 10.1 Å². The molecular formula is C12H15BrFNO. The number of hydrogen-bond acceptors (Lipinski definition) is 2. The van der Waals surface area contributed by atoms with E-state index in [1.807, 2.05) is 6.07 Å². The second-order valence-corrected chi connectivity index (χ2v) is 4.95. The van der Waals surface area contributed by atoms with Crippen LogP contribution in [0.2, 0.25) is 0 Å². The quantitative estimate of drug-likeness (QED) is 0.903. The zero-order chi connectivity index (χ0) is 11.5. The molecule has 0 aliphatic carbocycles. The van der Waals surface area contributed by atoms with E-state index in [1.165, 1.54) is 7.11 Å². The summed E-state index contributed by atoms with van der Waals surface area (Å²) in [6.45, 7) is 1.91. The lowest BCUT2D eigenvalue weighted by Crippen LogP contribution is -2.27. The second-order valence-electron chi connectivity index (χ2n) is 4.04. The zero-order valence-corrected chi connectivity index (χ0v) is 10.8. The van der Waals surface area contributed by atoms with Gasteiger partial charge in [0.2, 0.25) is 0 Å². The standard InChI is InChI=1S/C12H15BrFNO/c1-16-11-7-9(13)6-10(12(11)14)8-2-4-15-5-3-8/h6-8,15H,2-5H2,1H3.